The minimum Gasteiger partial charge on any atom is -0.457 e. The van der Waals surface area contributed by atoms with Crippen LogP contribution in [-0.2, 0) is 9.59 Å². The highest BCUT2D eigenvalue weighted by molar-refractivity contribution is 6.01. The van der Waals surface area contributed by atoms with Gasteiger partial charge < -0.3 is 25.6 Å². The maximum atomic E-state index is 14.1. The van der Waals surface area contributed by atoms with E-state index in [0.29, 0.717) is 41.5 Å². The number of hydrogen-bond donors (Lipinski definition) is 3. The number of ether oxygens (including phenoxy) is 1. The summed E-state index contributed by atoms with van der Waals surface area (Å²) in [6, 6.07) is 25.6. The highest BCUT2D eigenvalue weighted by Crippen LogP contribution is 2.32. The number of carbonyl (C=O) groups excluding carboxylic acids is 2. The van der Waals surface area contributed by atoms with Gasteiger partial charge in [-0.2, -0.15) is 0 Å². The Balaban J connectivity index is 0.737. The highest BCUT2D eigenvalue weighted by atomic mass is 16.5. The van der Waals surface area contributed by atoms with Crippen molar-refractivity contribution in [1.29, 1.82) is 0 Å². The molecule has 14 nitrogen and oxygen atoms in total. The van der Waals surface area contributed by atoms with Crippen molar-refractivity contribution in [2.45, 2.75) is 63.1 Å². The van der Waals surface area contributed by atoms with E-state index in [1.54, 1.807) is 4.57 Å². The first-order valence-electron chi connectivity index (χ1n) is 20.3. The molecule has 6 heterocycles. The molecular formula is C43H50N10O4. The van der Waals surface area contributed by atoms with Gasteiger partial charge in [0, 0.05) is 56.1 Å². The molecule has 2 aromatic heterocycles. The number of nitrogens with zero attached hydrogens (tertiary/aromatic N) is 7. The number of likely N-dealkylation sites (tertiary alicyclic amines) is 2. The zero-order valence-corrected chi connectivity index (χ0v) is 32.1. The molecule has 0 bridgehead atoms. The number of nitrogens with one attached hydrogen (secondary N) is 2. The number of nitrogen functional groups attached to an aromatic ring is 1. The molecule has 3 aromatic carbocycles. The maximum absolute atomic E-state index is 14.1. The van der Waals surface area contributed by atoms with Crippen LogP contribution >= 0.6 is 0 Å². The van der Waals surface area contributed by atoms with E-state index in [-0.39, 0.29) is 35.4 Å². The van der Waals surface area contributed by atoms with E-state index in [9.17, 15) is 14.4 Å². The molecule has 0 spiro atoms. The Bertz CT molecular complexity index is 2250. The topological polar surface area (TPSA) is 156 Å². The summed E-state index contributed by atoms with van der Waals surface area (Å²) in [6.45, 7) is 7.36. The van der Waals surface area contributed by atoms with Gasteiger partial charge in [0.2, 0.25) is 11.8 Å². The molecule has 0 aliphatic carbocycles. The lowest BCUT2D eigenvalue weighted by Gasteiger charge is -2.49. The molecule has 1 unspecified atom stereocenters. The molecule has 0 radical (unpaired) electrons. The number of piperidine rings is 3. The van der Waals surface area contributed by atoms with Crippen molar-refractivity contribution in [3.05, 3.63) is 95.7 Å². The largest absolute Gasteiger partial charge is 0.457 e. The van der Waals surface area contributed by atoms with E-state index in [4.69, 9.17) is 10.5 Å². The van der Waals surface area contributed by atoms with Crippen molar-refractivity contribution in [3.8, 4) is 17.2 Å². The fourth-order valence-electron chi connectivity index (χ4n) is 8.99. The molecule has 4 aliphatic rings. The molecule has 2 amide bonds. The highest BCUT2D eigenvalue weighted by Gasteiger charge is 2.35. The molecule has 4 N–H and O–H groups in total. The van der Waals surface area contributed by atoms with Crippen molar-refractivity contribution in [2.24, 2.45) is 5.92 Å². The minimum absolute atomic E-state index is 0.0326. The molecule has 0 saturated carbocycles. The third-order valence-electron chi connectivity index (χ3n) is 12.4. The average Bonchev–Trinajstić information content (AvgIpc) is 3.52. The molecule has 5 aromatic rings. The average molecular weight is 771 g/mol. The summed E-state index contributed by atoms with van der Waals surface area (Å²) in [5.74, 6) is 2.00. The number of amides is 2. The number of anilines is 3. The van der Waals surface area contributed by atoms with E-state index in [2.05, 4.69) is 47.4 Å². The molecule has 4 fully saturated rings. The normalized spacial score (nSPS) is 20.4. The Morgan fingerprint density at radius 3 is 2.19 bits per heavy atom. The number of imide groups is 1. The number of carbonyl (C=O) groups is 2. The first kappa shape index (κ1) is 36.9. The van der Waals surface area contributed by atoms with Crippen LogP contribution in [0.15, 0.2) is 90.0 Å². The zero-order chi connectivity index (χ0) is 38.9. The van der Waals surface area contributed by atoms with Gasteiger partial charge in [-0.3, -0.25) is 28.9 Å². The summed E-state index contributed by atoms with van der Waals surface area (Å²) in [4.78, 5) is 54.2. The van der Waals surface area contributed by atoms with Crippen LogP contribution in [0.5, 0.6) is 11.5 Å². The van der Waals surface area contributed by atoms with Crippen LogP contribution in [0.1, 0.15) is 51.0 Å². The van der Waals surface area contributed by atoms with E-state index in [1.807, 2.05) is 71.3 Å². The summed E-state index contributed by atoms with van der Waals surface area (Å²) in [7, 11) is 0. The van der Waals surface area contributed by atoms with E-state index in [1.165, 1.54) is 31.3 Å². The van der Waals surface area contributed by atoms with Crippen LogP contribution < -0.4 is 31.7 Å². The fraction of sp³-hybridized carbons (Fsp3) is 0.419. The van der Waals surface area contributed by atoms with Crippen molar-refractivity contribution >= 4 is 40.2 Å². The number of imidazole rings is 1. The number of rotatable bonds is 11. The molecular weight excluding hydrogens is 721 g/mol. The Labute approximate surface area is 331 Å². The van der Waals surface area contributed by atoms with Gasteiger partial charge in [0.05, 0.1) is 5.69 Å². The Morgan fingerprint density at radius 1 is 0.772 bits per heavy atom. The second kappa shape index (κ2) is 16.0. The van der Waals surface area contributed by atoms with Crippen LogP contribution in [0, 0.1) is 5.92 Å². The lowest BCUT2D eigenvalue weighted by atomic mass is 9.91. The number of hydrogen-bond acceptors (Lipinski definition) is 11. The molecule has 14 heteroatoms. The lowest BCUT2D eigenvalue weighted by Crippen LogP contribution is -2.61. The third-order valence-corrected chi connectivity index (χ3v) is 12.4. The van der Waals surface area contributed by atoms with E-state index in [0.717, 1.165) is 76.0 Å². The van der Waals surface area contributed by atoms with Gasteiger partial charge in [0.25, 0.3) is 0 Å². The van der Waals surface area contributed by atoms with Gasteiger partial charge >= 0.3 is 5.69 Å². The van der Waals surface area contributed by atoms with E-state index >= 15 is 0 Å². The van der Waals surface area contributed by atoms with Gasteiger partial charge in [-0.25, -0.2) is 14.8 Å². The van der Waals surface area contributed by atoms with Gasteiger partial charge in [-0.1, -0.05) is 18.2 Å². The summed E-state index contributed by atoms with van der Waals surface area (Å²) in [5, 5.41) is 5.67. The molecule has 4 aliphatic heterocycles. The predicted molar refractivity (Wildman–Crippen MR) is 220 cm³/mol. The first-order chi connectivity index (χ1) is 27.9. The zero-order valence-electron chi connectivity index (χ0n) is 32.1. The molecule has 4 saturated heterocycles. The quantitative estimate of drug-likeness (QED) is 0.159. The first-order valence-corrected chi connectivity index (χ1v) is 20.3. The van der Waals surface area contributed by atoms with Gasteiger partial charge in [0.15, 0.2) is 11.5 Å². The smallest absolute Gasteiger partial charge is 0.335 e. The number of para-hydroxylation sites is 1. The monoisotopic (exact) mass is 770 g/mol. The van der Waals surface area contributed by atoms with Crippen molar-refractivity contribution in [3.63, 3.8) is 0 Å². The molecule has 57 heavy (non-hydrogen) atoms. The molecule has 296 valence electrons. The van der Waals surface area contributed by atoms with Gasteiger partial charge in [0.1, 0.15) is 29.4 Å². The van der Waals surface area contributed by atoms with Crippen LogP contribution in [0.25, 0.3) is 16.9 Å². The molecule has 9 rings (SSSR count). The number of benzene rings is 3. The number of fused-ring (bicyclic) bond motifs is 1. The Kier molecular flexibility index (Phi) is 10.4. The van der Waals surface area contributed by atoms with Gasteiger partial charge in [-0.05, 0) is 125 Å². The van der Waals surface area contributed by atoms with Crippen LogP contribution in [0.2, 0.25) is 0 Å². The standard InChI is InChI=1S/C43H50N10O4/c44-40-39-41(46-28-45-40)53(43(56)52(39)32-10-12-36(13-11-32)57-35-4-2-1-3-5-35)33-19-22-49(23-20-33)21-16-29-17-24-50(25-18-29)34-26-51(27-34)31-8-6-30(7-9-31)47-37-14-15-38(54)48-42(37)55/h1-13,28-29,33-34,37,47H,14-27H2,(H2,44,45,46)(H,48,54,55). The SMILES string of the molecule is Nc1ncnc2c1n(-c1ccc(Oc3ccccc3)cc1)c(=O)n2C1CCN(CCC2CCN(C3CN(c4ccc(NC5CCC(=O)NC5=O)cc4)C3)CC2)CC1. The number of aromatic nitrogens is 4. The van der Waals surface area contributed by atoms with Gasteiger partial charge in [-0.15, -0.1) is 0 Å². The summed E-state index contributed by atoms with van der Waals surface area (Å²) < 4.78 is 9.45. The Hall–Kier alpha value is -5.73. The lowest BCUT2D eigenvalue weighted by molar-refractivity contribution is -0.133. The summed E-state index contributed by atoms with van der Waals surface area (Å²) in [6.07, 6.45) is 7.77. The van der Waals surface area contributed by atoms with Crippen LogP contribution in [0.3, 0.4) is 0 Å². The third kappa shape index (κ3) is 7.83. The second-order valence-corrected chi connectivity index (χ2v) is 15.9. The van der Waals surface area contributed by atoms with Crippen molar-refractivity contribution in [1.82, 2.24) is 34.2 Å². The van der Waals surface area contributed by atoms with E-state index < -0.39 is 0 Å². The van der Waals surface area contributed by atoms with Crippen LogP contribution in [-0.4, -0.2) is 98.6 Å². The fourth-order valence-corrected chi connectivity index (χ4v) is 8.99. The predicted octanol–water partition coefficient (Wildman–Crippen LogP) is 4.80. The second-order valence-electron chi connectivity index (χ2n) is 15.9. The Morgan fingerprint density at radius 2 is 1.47 bits per heavy atom. The molecule has 1 atom stereocenters. The van der Waals surface area contributed by atoms with Crippen LogP contribution in [0.4, 0.5) is 17.2 Å². The summed E-state index contributed by atoms with van der Waals surface area (Å²) in [5.41, 5.74) is 10.1. The minimum atomic E-state index is -0.371. The maximum Gasteiger partial charge on any atom is 0.335 e. The van der Waals surface area contributed by atoms with Crippen molar-refractivity contribution in [2.75, 3.05) is 61.8 Å². The van der Waals surface area contributed by atoms with Crippen molar-refractivity contribution < 1.29 is 14.3 Å². The number of nitrogens with two attached hydrogens (primary N) is 1. The summed E-state index contributed by atoms with van der Waals surface area (Å²) >= 11 is 0.